The van der Waals surface area contributed by atoms with E-state index in [2.05, 4.69) is 21.4 Å². The van der Waals surface area contributed by atoms with E-state index >= 15 is 0 Å². The molecule has 2 aromatic rings. The molecule has 0 spiro atoms. The van der Waals surface area contributed by atoms with Gasteiger partial charge in [-0.1, -0.05) is 17.7 Å². The molecule has 1 unspecified atom stereocenters. The van der Waals surface area contributed by atoms with E-state index in [4.69, 9.17) is 22.2 Å². The van der Waals surface area contributed by atoms with E-state index in [9.17, 15) is 4.39 Å². The first kappa shape index (κ1) is 16.2. The van der Waals surface area contributed by atoms with E-state index in [1.165, 1.54) is 6.07 Å². The molecule has 0 aliphatic heterocycles. The Labute approximate surface area is 136 Å². The number of hydrazine groups is 1. The summed E-state index contributed by atoms with van der Waals surface area (Å²) in [6, 6.07) is 10.0. The molecule has 2 aromatic carbocycles. The zero-order valence-electron chi connectivity index (χ0n) is 11.4. The van der Waals surface area contributed by atoms with Crippen molar-refractivity contribution in [3.8, 4) is 5.75 Å². The number of nitrogens with two attached hydrogens (primary N) is 1. The fourth-order valence-electron chi connectivity index (χ4n) is 2.13. The molecule has 0 saturated heterocycles. The van der Waals surface area contributed by atoms with Gasteiger partial charge in [-0.3, -0.25) is 11.3 Å². The molecule has 0 radical (unpaired) electrons. The van der Waals surface area contributed by atoms with Crippen molar-refractivity contribution in [2.24, 2.45) is 5.84 Å². The van der Waals surface area contributed by atoms with Gasteiger partial charge in [-0.05, 0) is 63.8 Å². The zero-order valence-corrected chi connectivity index (χ0v) is 13.7. The summed E-state index contributed by atoms with van der Waals surface area (Å²) in [7, 11) is 1.60. The van der Waals surface area contributed by atoms with Gasteiger partial charge < -0.3 is 4.74 Å². The Bertz CT molecular complexity index is 639. The number of benzene rings is 2. The fraction of sp³-hybridized carbons (Fsp3) is 0.200. The average molecular weight is 374 g/mol. The Hall–Kier alpha value is -1.14. The second-order valence-electron chi connectivity index (χ2n) is 4.55. The van der Waals surface area contributed by atoms with Crippen LogP contribution in [0.25, 0.3) is 0 Å². The maximum absolute atomic E-state index is 13.3. The third kappa shape index (κ3) is 3.95. The first-order valence-electron chi connectivity index (χ1n) is 6.28. The molecule has 2 rings (SSSR count). The van der Waals surface area contributed by atoms with E-state index in [0.717, 1.165) is 16.9 Å². The van der Waals surface area contributed by atoms with Crippen LogP contribution in [0.4, 0.5) is 4.39 Å². The van der Waals surface area contributed by atoms with Crippen LogP contribution in [0, 0.1) is 5.82 Å². The van der Waals surface area contributed by atoms with E-state index in [-0.39, 0.29) is 11.9 Å². The van der Waals surface area contributed by atoms with Crippen LogP contribution in [0.1, 0.15) is 17.2 Å². The third-order valence-corrected chi connectivity index (χ3v) is 4.06. The van der Waals surface area contributed by atoms with Gasteiger partial charge in [0.15, 0.2) is 0 Å². The fourth-order valence-corrected chi connectivity index (χ4v) is 2.72. The maximum atomic E-state index is 13.3. The molecular formula is C15H15BrClFN2O. The largest absolute Gasteiger partial charge is 0.496 e. The first-order valence-corrected chi connectivity index (χ1v) is 7.45. The summed E-state index contributed by atoms with van der Waals surface area (Å²) < 4.78 is 19.1. The number of methoxy groups -OCH3 is 1. The molecule has 112 valence electrons. The van der Waals surface area contributed by atoms with Gasteiger partial charge in [0.05, 0.1) is 17.6 Å². The van der Waals surface area contributed by atoms with E-state index in [0.29, 0.717) is 15.9 Å². The number of hydrogen-bond acceptors (Lipinski definition) is 3. The summed E-state index contributed by atoms with van der Waals surface area (Å²) >= 11 is 9.21. The minimum Gasteiger partial charge on any atom is -0.496 e. The highest BCUT2D eigenvalue weighted by Gasteiger charge is 2.15. The molecule has 3 N–H and O–H groups in total. The Morgan fingerprint density at radius 1 is 1.33 bits per heavy atom. The van der Waals surface area contributed by atoms with Gasteiger partial charge in [-0.25, -0.2) is 4.39 Å². The zero-order chi connectivity index (χ0) is 15.4. The van der Waals surface area contributed by atoms with Gasteiger partial charge in [0.2, 0.25) is 0 Å². The van der Waals surface area contributed by atoms with Crippen LogP contribution in [0.5, 0.6) is 5.75 Å². The Balaban J connectivity index is 2.30. The molecule has 0 aliphatic carbocycles. The lowest BCUT2D eigenvalue weighted by Crippen LogP contribution is -2.29. The van der Waals surface area contributed by atoms with Gasteiger partial charge in [0, 0.05) is 5.02 Å². The van der Waals surface area contributed by atoms with Crippen LogP contribution < -0.4 is 16.0 Å². The van der Waals surface area contributed by atoms with Crippen LogP contribution in [0.15, 0.2) is 40.9 Å². The molecule has 0 bridgehead atoms. The van der Waals surface area contributed by atoms with Crippen molar-refractivity contribution in [2.75, 3.05) is 7.11 Å². The summed E-state index contributed by atoms with van der Waals surface area (Å²) in [4.78, 5) is 0. The molecule has 21 heavy (non-hydrogen) atoms. The van der Waals surface area contributed by atoms with Crippen molar-refractivity contribution < 1.29 is 9.13 Å². The van der Waals surface area contributed by atoms with E-state index in [1.807, 2.05) is 12.1 Å². The summed E-state index contributed by atoms with van der Waals surface area (Å²) in [5.41, 5.74) is 4.54. The summed E-state index contributed by atoms with van der Waals surface area (Å²) in [5.74, 6) is 6.06. The molecule has 6 heteroatoms. The van der Waals surface area contributed by atoms with Crippen molar-refractivity contribution in [2.45, 2.75) is 12.5 Å². The standard InChI is InChI=1S/C15H15BrClFN2O/c1-21-15-5-3-11(17)6-10(15)8-14(20-19)9-2-4-13(18)12(16)7-9/h2-7,14,20H,8,19H2,1H3. The van der Waals surface area contributed by atoms with Gasteiger partial charge in [-0.15, -0.1) is 0 Å². The number of hydrogen-bond donors (Lipinski definition) is 2. The highest BCUT2D eigenvalue weighted by molar-refractivity contribution is 9.10. The smallest absolute Gasteiger partial charge is 0.137 e. The highest BCUT2D eigenvalue weighted by Crippen LogP contribution is 2.29. The molecule has 0 saturated carbocycles. The predicted molar refractivity (Wildman–Crippen MR) is 85.9 cm³/mol. The monoisotopic (exact) mass is 372 g/mol. The van der Waals surface area contributed by atoms with Gasteiger partial charge in [0.1, 0.15) is 11.6 Å². The molecule has 0 aromatic heterocycles. The van der Waals surface area contributed by atoms with Crippen molar-refractivity contribution in [3.05, 3.63) is 62.8 Å². The molecule has 3 nitrogen and oxygen atoms in total. The average Bonchev–Trinajstić information content (AvgIpc) is 2.48. The maximum Gasteiger partial charge on any atom is 0.137 e. The van der Waals surface area contributed by atoms with Crippen LogP contribution in [0.2, 0.25) is 5.02 Å². The van der Waals surface area contributed by atoms with E-state index < -0.39 is 0 Å². The van der Waals surface area contributed by atoms with Gasteiger partial charge >= 0.3 is 0 Å². The quantitative estimate of drug-likeness (QED) is 0.615. The number of ether oxygens (including phenoxy) is 1. The van der Waals surface area contributed by atoms with Crippen LogP contribution >= 0.6 is 27.5 Å². The normalized spacial score (nSPS) is 12.2. The molecular weight excluding hydrogens is 359 g/mol. The summed E-state index contributed by atoms with van der Waals surface area (Å²) in [6.07, 6.45) is 0.568. The lowest BCUT2D eigenvalue weighted by atomic mass is 9.99. The van der Waals surface area contributed by atoms with Crippen molar-refractivity contribution >= 4 is 27.5 Å². The van der Waals surface area contributed by atoms with Crippen molar-refractivity contribution in [1.82, 2.24) is 5.43 Å². The second-order valence-corrected chi connectivity index (χ2v) is 5.84. The lowest BCUT2D eigenvalue weighted by Gasteiger charge is -2.18. The lowest BCUT2D eigenvalue weighted by molar-refractivity contribution is 0.405. The summed E-state index contributed by atoms with van der Waals surface area (Å²) in [5, 5.41) is 0.627. The predicted octanol–water partition coefficient (Wildman–Crippen LogP) is 4.00. The Morgan fingerprint density at radius 2 is 2.10 bits per heavy atom. The first-order chi connectivity index (χ1) is 10.0. The van der Waals surface area contributed by atoms with Crippen molar-refractivity contribution in [3.63, 3.8) is 0 Å². The number of rotatable bonds is 5. The SMILES string of the molecule is COc1ccc(Cl)cc1CC(NN)c1ccc(F)c(Br)c1. The molecule has 0 heterocycles. The molecule has 0 amide bonds. The Morgan fingerprint density at radius 3 is 2.71 bits per heavy atom. The van der Waals surface area contributed by atoms with Crippen molar-refractivity contribution in [1.29, 1.82) is 0 Å². The minimum absolute atomic E-state index is 0.186. The molecule has 0 aliphatic rings. The van der Waals surface area contributed by atoms with Gasteiger partial charge in [-0.2, -0.15) is 0 Å². The molecule has 0 fully saturated rings. The second kappa shape index (κ2) is 7.22. The van der Waals surface area contributed by atoms with Crippen LogP contribution in [-0.4, -0.2) is 7.11 Å². The van der Waals surface area contributed by atoms with Gasteiger partial charge in [0.25, 0.3) is 0 Å². The van der Waals surface area contributed by atoms with E-state index in [1.54, 1.807) is 25.3 Å². The summed E-state index contributed by atoms with van der Waals surface area (Å²) in [6.45, 7) is 0. The molecule has 1 atom stereocenters. The third-order valence-electron chi connectivity index (χ3n) is 3.21. The topological polar surface area (TPSA) is 47.3 Å². The van der Waals surface area contributed by atoms with Crippen LogP contribution in [-0.2, 0) is 6.42 Å². The van der Waals surface area contributed by atoms with Crippen LogP contribution in [0.3, 0.4) is 0 Å². The Kier molecular flexibility index (Phi) is 5.58. The highest BCUT2D eigenvalue weighted by atomic mass is 79.9. The number of halogens is 3. The number of nitrogens with one attached hydrogen (secondary N) is 1. The minimum atomic E-state index is -0.310.